The molecule has 0 N–H and O–H groups in total. The van der Waals surface area contributed by atoms with E-state index in [0.29, 0.717) is 56.0 Å². The Kier molecular flexibility index (Phi) is 5.69. The molecular formula is C30H14F6N4. The average molecular weight is 544 g/mol. The molecule has 10 heteroatoms. The first kappa shape index (κ1) is 25.2. The second-order valence-electron chi connectivity index (χ2n) is 9.06. The van der Waals surface area contributed by atoms with Crippen molar-refractivity contribution in [1.82, 2.24) is 9.97 Å². The highest BCUT2D eigenvalue weighted by molar-refractivity contribution is 6.23. The van der Waals surface area contributed by atoms with Crippen LogP contribution in [0.25, 0.3) is 44.5 Å². The average Bonchev–Trinajstić information content (AvgIpc) is 3.23. The summed E-state index contributed by atoms with van der Waals surface area (Å²) >= 11 is 0. The Morgan fingerprint density at radius 2 is 1.02 bits per heavy atom. The van der Waals surface area contributed by atoms with Crippen LogP contribution >= 0.6 is 0 Å². The zero-order chi connectivity index (χ0) is 28.2. The third-order valence-electron chi connectivity index (χ3n) is 6.67. The number of benzene rings is 4. The molecule has 1 aromatic heterocycles. The number of hydrogen-bond acceptors (Lipinski definition) is 4. The third kappa shape index (κ3) is 4.25. The quantitative estimate of drug-likeness (QED) is 0.163. The van der Waals surface area contributed by atoms with Crippen LogP contribution in [0.1, 0.15) is 22.4 Å². The largest absolute Gasteiger partial charge is 0.416 e. The molecule has 0 bridgehead atoms. The molecule has 0 amide bonds. The van der Waals surface area contributed by atoms with Gasteiger partial charge in [-0.3, -0.25) is 0 Å². The standard InChI is InChI=1S/C30H14F6N4/c31-29(32,33)18-9-5-16(6-10-18)22-13-24-25(14-23(22)17-7-11-19(12-8-17)30(34,35)36)40-28-26(38-15-37)20-3-1-2-4-21(20)27(28)39-24/h1-14H. The molecule has 0 saturated heterocycles. The van der Waals surface area contributed by atoms with Crippen LogP contribution < -0.4 is 0 Å². The van der Waals surface area contributed by atoms with Crippen LogP contribution in [0.5, 0.6) is 0 Å². The Hall–Kier alpha value is -5.04. The lowest BCUT2D eigenvalue weighted by atomic mass is 9.92. The van der Waals surface area contributed by atoms with E-state index in [1.165, 1.54) is 24.3 Å². The minimum atomic E-state index is -4.53. The van der Waals surface area contributed by atoms with Crippen LogP contribution in [0, 0.1) is 11.5 Å². The van der Waals surface area contributed by atoms with Crippen molar-refractivity contribution in [3.63, 3.8) is 0 Å². The SMILES string of the molecule is N#CN=C1c2ccccc2-c2nc3cc(-c4ccc(C(F)(F)F)cc4)c(-c4ccc(C(F)(F)F)cc4)cc3nc21. The maximum atomic E-state index is 13.2. The number of rotatable bonds is 2. The van der Waals surface area contributed by atoms with Gasteiger partial charge in [-0.2, -0.15) is 36.6 Å². The summed E-state index contributed by atoms with van der Waals surface area (Å²) in [6, 6.07) is 19.5. The molecule has 1 aliphatic carbocycles. The molecule has 40 heavy (non-hydrogen) atoms. The van der Waals surface area contributed by atoms with E-state index in [4.69, 9.17) is 9.97 Å². The molecule has 0 spiro atoms. The van der Waals surface area contributed by atoms with Gasteiger partial charge in [0.25, 0.3) is 0 Å². The van der Waals surface area contributed by atoms with Gasteiger partial charge in [0.2, 0.25) is 6.19 Å². The van der Waals surface area contributed by atoms with Crippen molar-refractivity contribution in [2.45, 2.75) is 12.4 Å². The zero-order valence-electron chi connectivity index (χ0n) is 20.1. The predicted molar refractivity (Wildman–Crippen MR) is 137 cm³/mol. The first-order valence-electron chi connectivity index (χ1n) is 11.8. The maximum absolute atomic E-state index is 13.2. The van der Waals surface area contributed by atoms with Crippen molar-refractivity contribution in [3.05, 3.63) is 107 Å². The van der Waals surface area contributed by atoms with Crippen molar-refractivity contribution in [1.29, 1.82) is 5.26 Å². The molecule has 5 aromatic rings. The molecule has 0 fully saturated rings. The number of aliphatic imine (C=N–C) groups is 1. The molecule has 6 rings (SSSR count). The molecule has 0 saturated carbocycles. The molecule has 196 valence electrons. The van der Waals surface area contributed by atoms with E-state index in [9.17, 15) is 31.6 Å². The van der Waals surface area contributed by atoms with Gasteiger partial charge in [0.05, 0.1) is 27.9 Å². The maximum Gasteiger partial charge on any atom is 0.416 e. The number of alkyl halides is 6. The Morgan fingerprint density at radius 3 is 1.48 bits per heavy atom. The van der Waals surface area contributed by atoms with Gasteiger partial charge in [0.15, 0.2) is 0 Å². The van der Waals surface area contributed by atoms with Crippen LogP contribution in [0.4, 0.5) is 26.3 Å². The summed E-state index contributed by atoms with van der Waals surface area (Å²) in [6.45, 7) is 0. The first-order chi connectivity index (χ1) is 19.0. The van der Waals surface area contributed by atoms with Gasteiger partial charge in [-0.15, -0.1) is 0 Å². The van der Waals surface area contributed by atoms with Crippen molar-refractivity contribution in [3.8, 4) is 39.7 Å². The molecule has 0 unspecified atom stereocenters. The third-order valence-corrected chi connectivity index (χ3v) is 6.67. The second kappa shape index (κ2) is 9.02. The smallest absolute Gasteiger partial charge is 0.244 e. The van der Waals surface area contributed by atoms with E-state index >= 15 is 0 Å². The molecule has 1 aliphatic rings. The lowest BCUT2D eigenvalue weighted by Gasteiger charge is -2.15. The van der Waals surface area contributed by atoms with Crippen molar-refractivity contribution < 1.29 is 26.3 Å². The highest BCUT2D eigenvalue weighted by atomic mass is 19.4. The Labute approximate surface area is 222 Å². The van der Waals surface area contributed by atoms with Crippen molar-refractivity contribution >= 4 is 16.7 Å². The number of halogens is 6. The molecule has 4 nitrogen and oxygen atoms in total. The first-order valence-corrected chi connectivity index (χ1v) is 11.8. The Morgan fingerprint density at radius 1 is 0.575 bits per heavy atom. The van der Waals surface area contributed by atoms with Gasteiger partial charge >= 0.3 is 12.4 Å². The van der Waals surface area contributed by atoms with Crippen LogP contribution in [0.3, 0.4) is 0 Å². The Balaban J connectivity index is 1.59. The van der Waals surface area contributed by atoms with Crippen LogP contribution in [-0.2, 0) is 12.4 Å². The summed E-state index contributed by atoms with van der Waals surface area (Å²) in [7, 11) is 0. The normalized spacial score (nSPS) is 13.8. The number of nitriles is 1. The summed E-state index contributed by atoms with van der Waals surface area (Å²) in [5.41, 5.74) is 3.51. The summed E-state index contributed by atoms with van der Waals surface area (Å²) in [5, 5.41) is 9.26. The van der Waals surface area contributed by atoms with Crippen LogP contribution in [-0.4, -0.2) is 15.7 Å². The second-order valence-corrected chi connectivity index (χ2v) is 9.06. The highest BCUT2D eigenvalue weighted by Gasteiger charge is 2.32. The minimum absolute atomic E-state index is 0.352. The lowest BCUT2D eigenvalue weighted by molar-refractivity contribution is -0.138. The van der Waals surface area contributed by atoms with Gasteiger partial charge < -0.3 is 0 Å². The minimum Gasteiger partial charge on any atom is -0.244 e. The van der Waals surface area contributed by atoms with E-state index in [-0.39, 0.29) is 0 Å². The number of fused-ring (bicyclic) bond motifs is 4. The lowest BCUT2D eigenvalue weighted by Crippen LogP contribution is -2.05. The Bertz CT molecular complexity index is 1860. The fraction of sp³-hybridized carbons (Fsp3) is 0.0667. The van der Waals surface area contributed by atoms with E-state index in [1.807, 2.05) is 12.1 Å². The molecule has 0 radical (unpaired) electrons. The number of nitrogens with zero attached hydrogens (tertiary/aromatic N) is 4. The summed E-state index contributed by atoms with van der Waals surface area (Å²) in [6.07, 6.45) is -7.27. The van der Waals surface area contributed by atoms with Crippen LogP contribution in [0.2, 0.25) is 0 Å². The fourth-order valence-electron chi connectivity index (χ4n) is 4.80. The van der Waals surface area contributed by atoms with E-state index < -0.39 is 23.5 Å². The van der Waals surface area contributed by atoms with Gasteiger partial charge in [-0.05, 0) is 58.7 Å². The summed E-state index contributed by atoms with van der Waals surface area (Å²) in [5.74, 6) is 0. The summed E-state index contributed by atoms with van der Waals surface area (Å²) in [4.78, 5) is 13.4. The van der Waals surface area contributed by atoms with E-state index in [2.05, 4.69) is 4.99 Å². The highest BCUT2D eigenvalue weighted by Crippen LogP contribution is 2.41. The van der Waals surface area contributed by atoms with Gasteiger partial charge in [-0.1, -0.05) is 48.5 Å². The molecular weight excluding hydrogens is 530 g/mol. The van der Waals surface area contributed by atoms with Gasteiger partial charge in [-0.25, -0.2) is 9.97 Å². The van der Waals surface area contributed by atoms with Crippen LogP contribution in [0.15, 0.2) is 89.9 Å². The topological polar surface area (TPSA) is 61.9 Å². The summed E-state index contributed by atoms with van der Waals surface area (Å²) < 4.78 is 79.2. The zero-order valence-corrected chi connectivity index (χ0v) is 20.1. The van der Waals surface area contributed by atoms with Crippen molar-refractivity contribution in [2.24, 2.45) is 4.99 Å². The van der Waals surface area contributed by atoms with E-state index in [1.54, 1.807) is 30.5 Å². The van der Waals surface area contributed by atoms with E-state index in [0.717, 1.165) is 29.8 Å². The van der Waals surface area contributed by atoms with Gasteiger partial charge in [0.1, 0.15) is 11.4 Å². The number of hydrogen-bond donors (Lipinski definition) is 0. The number of aromatic nitrogens is 2. The van der Waals surface area contributed by atoms with Crippen molar-refractivity contribution in [2.75, 3.05) is 0 Å². The predicted octanol–water partition coefficient (Wildman–Crippen LogP) is 8.30. The molecule has 0 atom stereocenters. The molecule has 1 heterocycles. The fourth-order valence-corrected chi connectivity index (χ4v) is 4.80. The monoisotopic (exact) mass is 544 g/mol. The van der Waals surface area contributed by atoms with Gasteiger partial charge in [0, 0.05) is 11.1 Å². The molecule has 0 aliphatic heterocycles. The molecule has 4 aromatic carbocycles.